The van der Waals surface area contributed by atoms with Crippen LogP contribution in [0.5, 0.6) is 0 Å². The van der Waals surface area contributed by atoms with Crippen LogP contribution < -0.4 is 0 Å². The molecule has 0 aromatic heterocycles. The van der Waals surface area contributed by atoms with Crippen LogP contribution in [0.25, 0.3) is 0 Å². The highest BCUT2D eigenvalue weighted by atomic mass is 16.6. The van der Waals surface area contributed by atoms with Crippen molar-refractivity contribution in [2.75, 3.05) is 13.2 Å². The van der Waals surface area contributed by atoms with Gasteiger partial charge in [-0.15, -0.1) is 0 Å². The molecular weight excluding hydrogens is 769 g/mol. The van der Waals surface area contributed by atoms with Gasteiger partial charge in [0.2, 0.25) is 0 Å². The van der Waals surface area contributed by atoms with Gasteiger partial charge in [0.25, 0.3) is 0 Å². The molecule has 0 radical (unpaired) electrons. The average molecular weight is 865 g/mol. The third-order valence-electron chi connectivity index (χ3n) is 11.0. The smallest absolute Gasteiger partial charge is 0.306 e. The summed E-state index contributed by atoms with van der Waals surface area (Å²) >= 11 is 0. The molecule has 0 aromatic carbocycles. The van der Waals surface area contributed by atoms with Gasteiger partial charge in [-0.2, -0.15) is 0 Å². The zero-order chi connectivity index (χ0) is 45.1. The molecule has 0 rings (SSSR count). The van der Waals surface area contributed by atoms with Crippen molar-refractivity contribution in [3.05, 3.63) is 72.9 Å². The lowest BCUT2D eigenvalue weighted by molar-refractivity contribution is -0.166. The van der Waals surface area contributed by atoms with Crippen molar-refractivity contribution >= 4 is 17.9 Å². The molecule has 356 valence electrons. The topological polar surface area (TPSA) is 78.9 Å². The van der Waals surface area contributed by atoms with E-state index < -0.39 is 6.10 Å². The minimum absolute atomic E-state index is 0.107. The van der Waals surface area contributed by atoms with Crippen molar-refractivity contribution in [2.45, 2.75) is 252 Å². The maximum absolute atomic E-state index is 12.8. The van der Waals surface area contributed by atoms with Crippen molar-refractivity contribution in [1.82, 2.24) is 0 Å². The summed E-state index contributed by atoms with van der Waals surface area (Å²) in [6, 6.07) is 0. The molecule has 0 aliphatic heterocycles. The summed E-state index contributed by atoms with van der Waals surface area (Å²) in [6.45, 7) is 6.44. The average Bonchev–Trinajstić information content (AvgIpc) is 3.27. The summed E-state index contributed by atoms with van der Waals surface area (Å²) in [5.74, 6) is -1.00. The van der Waals surface area contributed by atoms with Crippen molar-refractivity contribution < 1.29 is 28.6 Å². The van der Waals surface area contributed by atoms with Crippen LogP contribution in [0.4, 0.5) is 0 Å². The van der Waals surface area contributed by atoms with Crippen LogP contribution in [0.3, 0.4) is 0 Å². The normalized spacial score (nSPS) is 12.6. The predicted molar refractivity (Wildman–Crippen MR) is 265 cm³/mol. The number of carbonyl (C=O) groups is 3. The number of ether oxygens (including phenoxy) is 3. The van der Waals surface area contributed by atoms with E-state index in [9.17, 15) is 14.4 Å². The van der Waals surface area contributed by atoms with E-state index in [0.717, 1.165) is 83.5 Å². The molecule has 62 heavy (non-hydrogen) atoms. The molecule has 0 heterocycles. The molecule has 6 nitrogen and oxygen atoms in total. The third kappa shape index (κ3) is 47.9. The Morgan fingerprint density at radius 2 is 0.661 bits per heavy atom. The first-order chi connectivity index (χ1) is 30.5. The molecular formula is C56H96O6. The van der Waals surface area contributed by atoms with Gasteiger partial charge >= 0.3 is 17.9 Å². The van der Waals surface area contributed by atoms with E-state index in [1.165, 1.54) is 116 Å². The predicted octanol–water partition coefficient (Wildman–Crippen LogP) is 17.0. The SMILES string of the molecule is CC/C=C\C/C=C\C/C=C\C/C=C\CCCCCC(=O)OCC(COC(=O)CC/C=C\C/C=C\CCCCCCCC)OC(=O)CCCCCCCCCCCCCCCCC. The van der Waals surface area contributed by atoms with Gasteiger partial charge in [-0.3, -0.25) is 14.4 Å². The van der Waals surface area contributed by atoms with Gasteiger partial charge in [0, 0.05) is 19.3 Å². The highest BCUT2D eigenvalue weighted by Gasteiger charge is 2.19. The second-order valence-corrected chi connectivity index (χ2v) is 17.1. The van der Waals surface area contributed by atoms with Gasteiger partial charge in [0.1, 0.15) is 13.2 Å². The zero-order valence-corrected chi connectivity index (χ0v) is 40.6. The van der Waals surface area contributed by atoms with Gasteiger partial charge in [-0.05, 0) is 77.0 Å². The Bertz CT molecular complexity index is 1180. The molecule has 0 aliphatic carbocycles. The standard InChI is InChI=1S/C56H96O6/c1-4-7-10-13-16-19-22-25-27-29-31-34-37-40-43-46-49-55(58)61-52-53(51-60-54(57)48-45-42-39-36-33-30-24-21-18-15-12-9-6-3)62-56(59)50-47-44-41-38-35-32-28-26-23-20-17-14-11-8-5-2/h7,10,16,19,25,27,30-31,33-34,39,42,53H,4-6,8-9,11-15,17-18,20-24,26,28-29,32,35-38,40-41,43-52H2,1-3H3/b10-7-,19-16-,27-25-,33-30-,34-31-,42-39-. The number of esters is 3. The fraction of sp³-hybridized carbons (Fsp3) is 0.732. The second kappa shape index (κ2) is 50.5. The number of rotatable bonds is 46. The molecule has 1 atom stereocenters. The molecule has 0 saturated heterocycles. The van der Waals surface area contributed by atoms with E-state index in [1.807, 2.05) is 6.08 Å². The number of allylic oxidation sites excluding steroid dienone is 12. The van der Waals surface area contributed by atoms with Crippen LogP contribution >= 0.6 is 0 Å². The molecule has 0 amide bonds. The molecule has 0 N–H and O–H groups in total. The lowest BCUT2D eigenvalue weighted by Gasteiger charge is -2.18. The Morgan fingerprint density at radius 1 is 0.339 bits per heavy atom. The molecule has 0 aromatic rings. The maximum Gasteiger partial charge on any atom is 0.306 e. The van der Waals surface area contributed by atoms with Crippen LogP contribution in [0.2, 0.25) is 0 Å². The number of hydrogen-bond donors (Lipinski definition) is 0. The van der Waals surface area contributed by atoms with E-state index >= 15 is 0 Å². The number of carbonyl (C=O) groups excluding carboxylic acids is 3. The van der Waals surface area contributed by atoms with Gasteiger partial charge in [-0.1, -0.05) is 222 Å². The number of hydrogen-bond acceptors (Lipinski definition) is 6. The molecule has 1 unspecified atom stereocenters. The maximum atomic E-state index is 12.8. The monoisotopic (exact) mass is 865 g/mol. The Balaban J connectivity index is 4.48. The summed E-state index contributed by atoms with van der Waals surface area (Å²) in [7, 11) is 0. The lowest BCUT2D eigenvalue weighted by Crippen LogP contribution is -2.30. The third-order valence-corrected chi connectivity index (χ3v) is 11.0. The van der Waals surface area contributed by atoms with Crippen LogP contribution in [-0.2, 0) is 28.6 Å². The summed E-state index contributed by atoms with van der Waals surface area (Å²) in [5.41, 5.74) is 0. The minimum Gasteiger partial charge on any atom is -0.462 e. The van der Waals surface area contributed by atoms with Crippen LogP contribution in [0.15, 0.2) is 72.9 Å². The Morgan fingerprint density at radius 3 is 1.10 bits per heavy atom. The second-order valence-electron chi connectivity index (χ2n) is 17.1. The quantitative estimate of drug-likeness (QED) is 0.0262. The van der Waals surface area contributed by atoms with Crippen LogP contribution in [0.1, 0.15) is 245 Å². The summed E-state index contributed by atoms with van der Waals surface area (Å²) < 4.78 is 16.7. The molecule has 0 bridgehead atoms. The first-order valence-corrected chi connectivity index (χ1v) is 25.9. The highest BCUT2D eigenvalue weighted by Crippen LogP contribution is 2.15. The van der Waals surface area contributed by atoms with Gasteiger partial charge < -0.3 is 14.2 Å². The highest BCUT2D eigenvalue weighted by molar-refractivity contribution is 5.71. The van der Waals surface area contributed by atoms with Gasteiger partial charge in [0.05, 0.1) is 0 Å². The fourth-order valence-corrected chi connectivity index (χ4v) is 7.07. The van der Waals surface area contributed by atoms with Crippen molar-refractivity contribution in [2.24, 2.45) is 0 Å². The van der Waals surface area contributed by atoms with Crippen LogP contribution in [-0.4, -0.2) is 37.2 Å². The van der Waals surface area contributed by atoms with Crippen LogP contribution in [0, 0.1) is 0 Å². The van der Waals surface area contributed by atoms with Gasteiger partial charge in [0.15, 0.2) is 6.10 Å². The lowest BCUT2D eigenvalue weighted by atomic mass is 10.0. The van der Waals surface area contributed by atoms with E-state index in [0.29, 0.717) is 19.3 Å². The Hall–Kier alpha value is -3.15. The fourth-order valence-electron chi connectivity index (χ4n) is 7.07. The largest absolute Gasteiger partial charge is 0.462 e. The first-order valence-electron chi connectivity index (χ1n) is 25.9. The summed E-state index contributed by atoms with van der Waals surface area (Å²) in [6.07, 6.45) is 63.3. The molecule has 0 saturated carbocycles. The Kier molecular flexibility index (Phi) is 47.9. The molecule has 0 spiro atoms. The Labute approximate surface area is 382 Å². The van der Waals surface area contributed by atoms with E-state index in [2.05, 4.69) is 87.6 Å². The van der Waals surface area contributed by atoms with Crippen molar-refractivity contribution in [1.29, 1.82) is 0 Å². The zero-order valence-electron chi connectivity index (χ0n) is 40.6. The minimum atomic E-state index is -0.808. The summed E-state index contributed by atoms with van der Waals surface area (Å²) in [5, 5.41) is 0. The molecule has 0 aliphatic rings. The summed E-state index contributed by atoms with van der Waals surface area (Å²) in [4.78, 5) is 37.9. The molecule has 6 heteroatoms. The first kappa shape index (κ1) is 58.9. The number of unbranched alkanes of at least 4 members (excludes halogenated alkanes) is 23. The van der Waals surface area contributed by atoms with Crippen molar-refractivity contribution in [3.8, 4) is 0 Å². The molecule has 0 fully saturated rings. The van der Waals surface area contributed by atoms with Gasteiger partial charge in [-0.25, -0.2) is 0 Å². The van der Waals surface area contributed by atoms with E-state index in [4.69, 9.17) is 14.2 Å². The van der Waals surface area contributed by atoms with E-state index in [1.54, 1.807) is 0 Å². The van der Waals surface area contributed by atoms with Crippen molar-refractivity contribution in [3.63, 3.8) is 0 Å². The van der Waals surface area contributed by atoms with E-state index in [-0.39, 0.29) is 37.5 Å².